The van der Waals surface area contributed by atoms with Crippen LogP contribution in [-0.4, -0.2) is 19.0 Å². The number of carbonyl (C=O) groups excluding carboxylic acids is 1. The van der Waals surface area contributed by atoms with Gasteiger partial charge in [0.05, 0.1) is 6.04 Å². The fourth-order valence-electron chi connectivity index (χ4n) is 2.64. The second-order valence-electron chi connectivity index (χ2n) is 5.45. The molecule has 0 radical (unpaired) electrons. The first kappa shape index (κ1) is 14.1. The summed E-state index contributed by atoms with van der Waals surface area (Å²) < 4.78 is 0. The highest BCUT2D eigenvalue weighted by Crippen LogP contribution is 2.17. The first-order valence-corrected chi connectivity index (χ1v) is 7.30. The summed E-state index contributed by atoms with van der Waals surface area (Å²) in [6, 6.07) is 10.2. The third kappa shape index (κ3) is 4.67. The van der Waals surface area contributed by atoms with Crippen LogP contribution in [0.5, 0.6) is 0 Å². The molecule has 1 amide bonds. The molecule has 1 fully saturated rings. The Kier molecular flexibility index (Phi) is 5.40. The number of carbonyl (C=O) groups is 1. The van der Waals surface area contributed by atoms with Crippen molar-refractivity contribution in [3.63, 3.8) is 0 Å². The van der Waals surface area contributed by atoms with Crippen molar-refractivity contribution in [3.05, 3.63) is 35.9 Å². The molecule has 1 aromatic carbocycles. The predicted molar refractivity (Wildman–Crippen MR) is 77.8 cm³/mol. The lowest BCUT2D eigenvalue weighted by molar-refractivity contribution is -0.122. The number of hydrogen-bond acceptors (Lipinski definition) is 2. The lowest BCUT2D eigenvalue weighted by Crippen LogP contribution is -2.31. The molecule has 1 heterocycles. The van der Waals surface area contributed by atoms with Crippen molar-refractivity contribution >= 4 is 5.91 Å². The van der Waals surface area contributed by atoms with E-state index in [0.717, 1.165) is 25.1 Å². The van der Waals surface area contributed by atoms with E-state index >= 15 is 0 Å². The zero-order chi connectivity index (χ0) is 13.5. The van der Waals surface area contributed by atoms with Gasteiger partial charge in [-0.05, 0) is 50.8 Å². The number of benzene rings is 1. The highest BCUT2D eigenvalue weighted by molar-refractivity contribution is 5.76. The van der Waals surface area contributed by atoms with Gasteiger partial charge >= 0.3 is 0 Å². The summed E-state index contributed by atoms with van der Waals surface area (Å²) in [5.74, 6) is 0.841. The Morgan fingerprint density at radius 2 is 2.21 bits per heavy atom. The molecule has 3 nitrogen and oxygen atoms in total. The topological polar surface area (TPSA) is 41.1 Å². The van der Waals surface area contributed by atoms with Gasteiger partial charge in [-0.15, -0.1) is 0 Å². The molecule has 1 unspecified atom stereocenters. The van der Waals surface area contributed by atoms with Crippen LogP contribution >= 0.6 is 0 Å². The minimum atomic E-state index is 0.0955. The van der Waals surface area contributed by atoms with E-state index in [9.17, 15) is 4.79 Å². The first-order chi connectivity index (χ1) is 9.25. The Hall–Kier alpha value is -1.35. The zero-order valence-electron chi connectivity index (χ0n) is 11.7. The predicted octanol–water partition coefficient (Wildman–Crippen LogP) is 2.64. The molecule has 0 bridgehead atoms. The van der Waals surface area contributed by atoms with E-state index < -0.39 is 0 Å². The van der Waals surface area contributed by atoms with Crippen LogP contribution in [-0.2, 0) is 4.79 Å². The summed E-state index contributed by atoms with van der Waals surface area (Å²) in [7, 11) is 0. The van der Waals surface area contributed by atoms with Gasteiger partial charge < -0.3 is 10.6 Å². The second kappa shape index (κ2) is 7.29. The smallest absolute Gasteiger partial charge is 0.220 e. The largest absolute Gasteiger partial charge is 0.350 e. The normalized spacial score (nSPS) is 20.8. The molecular formula is C16H24N2O. The van der Waals surface area contributed by atoms with Crippen molar-refractivity contribution in [3.8, 4) is 0 Å². The molecule has 0 saturated carbocycles. The average Bonchev–Trinajstić information content (AvgIpc) is 2.47. The molecule has 0 spiro atoms. The highest BCUT2D eigenvalue weighted by atomic mass is 16.1. The van der Waals surface area contributed by atoms with Gasteiger partial charge in [0.2, 0.25) is 5.91 Å². The van der Waals surface area contributed by atoms with Crippen LogP contribution in [0.4, 0.5) is 0 Å². The summed E-state index contributed by atoms with van der Waals surface area (Å²) in [6.07, 6.45) is 4.14. The fraction of sp³-hybridized carbons (Fsp3) is 0.562. The molecule has 104 valence electrons. The van der Waals surface area contributed by atoms with Crippen LogP contribution in [0.1, 0.15) is 44.2 Å². The summed E-state index contributed by atoms with van der Waals surface area (Å²) in [4.78, 5) is 11.9. The van der Waals surface area contributed by atoms with Gasteiger partial charge in [-0.1, -0.05) is 30.3 Å². The van der Waals surface area contributed by atoms with E-state index in [1.165, 1.54) is 12.8 Å². The minimum absolute atomic E-state index is 0.0955. The molecule has 2 rings (SSSR count). The minimum Gasteiger partial charge on any atom is -0.350 e. The van der Waals surface area contributed by atoms with E-state index in [2.05, 4.69) is 22.8 Å². The maximum Gasteiger partial charge on any atom is 0.220 e. The molecule has 0 aromatic heterocycles. The molecule has 2 N–H and O–H groups in total. The van der Waals surface area contributed by atoms with Crippen molar-refractivity contribution in [2.24, 2.45) is 5.92 Å². The summed E-state index contributed by atoms with van der Waals surface area (Å²) in [5.41, 5.74) is 1.16. The Bertz CT molecular complexity index is 385. The molecule has 3 heteroatoms. The summed E-state index contributed by atoms with van der Waals surface area (Å²) in [6.45, 7) is 4.24. The second-order valence-corrected chi connectivity index (χ2v) is 5.45. The summed E-state index contributed by atoms with van der Waals surface area (Å²) in [5, 5.41) is 6.47. The maximum atomic E-state index is 11.9. The van der Waals surface area contributed by atoms with Crippen molar-refractivity contribution in [1.29, 1.82) is 0 Å². The average molecular weight is 260 g/mol. The molecule has 0 aliphatic carbocycles. The molecule has 1 aromatic rings. The Labute approximate surface area is 115 Å². The van der Waals surface area contributed by atoms with Crippen LogP contribution in [0.3, 0.4) is 0 Å². The third-order valence-electron chi connectivity index (χ3n) is 3.86. The van der Waals surface area contributed by atoms with Crippen LogP contribution in [0.25, 0.3) is 0 Å². The van der Waals surface area contributed by atoms with Gasteiger partial charge in [-0.25, -0.2) is 0 Å². The van der Waals surface area contributed by atoms with Crippen molar-refractivity contribution in [2.75, 3.05) is 13.1 Å². The van der Waals surface area contributed by atoms with Crippen LogP contribution < -0.4 is 10.6 Å². The standard InChI is InChI=1S/C16H24N2O/c1-13(15-7-3-2-4-8-15)18-16(19)10-9-14-6-5-11-17-12-14/h2-4,7-8,13-14,17H,5-6,9-12H2,1H3,(H,18,19)/t13-,14?/m0/s1. The first-order valence-electron chi connectivity index (χ1n) is 7.30. The molecule has 19 heavy (non-hydrogen) atoms. The third-order valence-corrected chi connectivity index (χ3v) is 3.86. The van der Waals surface area contributed by atoms with Crippen molar-refractivity contribution in [1.82, 2.24) is 10.6 Å². The molecular weight excluding hydrogens is 236 g/mol. The van der Waals surface area contributed by atoms with Crippen LogP contribution in [0.2, 0.25) is 0 Å². The quantitative estimate of drug-likeness (QED) is 0.854. The molecule has 1 saturated heterocycles. The van der Waals surface area contributed by atoms with Gasteiger partial charge in [0.15, 0.2) is 0 Å². The van der Waals surface area contributed by atoms with Crippen molar-refractivity contribution < 1.29 is 4.79 Å². The maximum absolute atomic E-state index is 11.9. The molecule has 2 atom stereocenters. The van der Waals surface area contributed by atoms with Crippen LogP contribution in [0, 0.1) is 5.92 Å². The Balaban J connectivity index is 1.71. The lowest BCUT2D eigenvalue weighted by atomic mass is 9.94. The SMILES string of the molecule is C[C@H](NC(=O)CCC1CCCNC1)c1ccccc1. The number of rotatable bonds is 5. The molecule has 1 aliphatic rings. The highest BCUT2D eigenvalue weighted by Gasteiger charge is 2.15. The number of amides is 1. The van der Waals surface area contributed by atoms with E-state index in [-0.39, 0.29) is 11.9 Å². The lowest BCUT2D eigenvalue weighted by Gasteiger charge is -2.22. The van der Waals surface area contributed by atoms with Crippen LogP contribution in [0.15, 0.2) is 30.3 Å². The van der Waals surface area contributed by atoms with Gasteiger partial charge in [0.1, 0.15) is 0 Å². The van der Waals surface area contributed by atoms with Crippen molar-refractivity contribution in [2.45, 2.75) is 38.6 Å². The number of piperidine rings is 1. The van der Waals surface area contributed by atoms with Gasteiger partial charge in [0, 0.05) is 6.42 Å². The van der Waals surface area contributed by atoms with E-state index in [4.69, 9.17) is 0 Å². The van der Waals surface area contributed by atoms with E-state index in [0.29, 0.717) is 12.3 Å². The van der Waals surface area contributed by atoms with E-state index in [1.54, 1.807) is 0 Å². The molecule has 1 aliphatic heterocycles. The van der Waals surface area contributed by atoms with Gasteiger partial charge in [-0.3, -0.25) is 4.79 Å². The fourth-order valence-corrected chi connectivity index (χ4v) is 2.64. The number of nitrogens with one attached hydrogen (secondary N) is 2. The van der Waals surface area contributed by atoms with E-state index in [1.807, 2.05) is 25.1 Å². The van der Waals surface area contributed by atoms with Gasteiger partial charge in [0.25, 0.3) is 0 Å². The summed E-state index contributed by atoms with van der Waals surface area (Å²) >= 11 is 0. The monoisotopic (exact) mass is 260 g/mol. The Morgan fingerprint density at radius 1 is 1.42 bits per heavy atom. The van der Waals surface area contributed by atoms with Gasteiger partial charge in [-0.2, -0.15) is 0 Å². The Morgan fingerprint density at radius 3 is 2.89 bits per heavy atom. The number of hydrogen-bond donors (Lipinski definition) is 2. The zero-order valence-corrected chi connectivity index (χ0v) is 11.7.